The topological polar surface area (TPSA) is 87.5 Å². The fourth-order valence-corrected chi connectivity index (χ4v) is 4.93. The van der Waals surface area contributed by atoms with Crippen LogP contribution < -0.4 is 10.6 Å². The average Bonchev–Trinajstić information content (AvgIpc) is 3.34. The van der Waals surface area contributed by atoms with Crippen molar-refractivity contribution < 1.29 is 14.0 Å². The van der Waals surface area contributed by atoms with Crippen molar-refractivity contribution in [2.75, 3.05) is 24.2 Å². The Balaban J connectivity index is 1.46. The first-order valence-electron chi connectivity index (χ1n) is 8.43. The summed E-state index contributed by atoms with van der Waals surface area (Å²) >= 11 is 2.75. The molecule has 0 radical (unpaired) electrons. The first kappa shape index (κ1) is 17.9. The van der Waals surface area contributed by atoms with Gasteiger partial charge in [-0.05, 0) is 37.7 Å². The second-order valence-electron chi connectivity index (χ2n) is 6.39. The molecule has 0 saturated carbocycles. The number of aryl methyl sites for hydroxylation is 1. The number of likely N-dealkylation sites (N-methyl/N-ethyl adjacent to an activating group) is 1. The highest BCUT2D eigenvalue weighted by Crippen LogP contribution is 2.31. The highest BCUT2D eigenvalue weighted by atomic mass is 32.1. The van der Waals surface area contributed by atoms with Gasteiger partial charge in [0, 0.05) is 24.4 Å². The van der Waals surface area contributed by atoms with Crippen LogP contribution in [0.1, 0.15) is 36.4 Å². The molecule has 7 nitrogen and oxygen atoms in total. The number of carbonyl (C=O) groups excluding carboxylic acids is 2. The molecule has 0 spiro atoms. The number of aromatic nitrogens is 1. The third-order valence-corrected chi connectivity index (χ3v) is 6.40. The molecule has 0 fully saturated rings. The lowest BCUT2D eigenvalue weighted by atomic mass is 10.2. The SMILES string of the molecule is Cc1cc(NC(=O)c2ccco2)sc1C(=O)Nc1nc2c(s1)CN(C)CC2. The Hall–Kier alpha value is -2.49. The lowest BCUT2D eigenvalue weighted by Gasteiger charge is -2.20. The predicted octanol–water partition coefficient (Wildman–Crippen LogP) is 3.60. The van der Waals surface area contributed by atoms with E-state index in [9.17, 15) is 9.59 Å². The first-order valence-corrected chi connectivity index (χ1v) is 10.1. The van der Waals surface area contributed by atoms with E-state index >= 15 is 0 Å². The maximum atomic E-state index is 12.7. The molecule has 0 unspecified atom stereocenters. The van der Waals surface area contributed by atoms with Crippen molar-refractivity contribution in [3.05, 3.63) is 51.2 Å². The van der Waals surface area contributed by atoms with Gasteiger partial charge in [0.2, 0.25) is 0 Å². The number of anilines is 2. The molecule has 0 atom stereocenters. The Kier molecular flexibility index (Phi) is 4.81. The summed E-state index contributed by atoms with van der Waals surface area (Å²) in [6, 6.07) is 5.02. The molecule has 3 aromatic rings. The molecule has 27 heavy (non-hydrogen) atoms. The molecule has 3 aromatic heterocycles. The molecule has 140 valence electrons. The van der Waals surface area contributed by atoms with Gasteiger partial charge in [-0.25, -0.2) is 4.98 Å². The summed E-state index contributed by atoms with van der Waals surface area (Å²) in [6.07, 6.45) is 2.35. The van der Waals surface area contributed by atoms with Crippen LogP contribution in [0, 0.1) is 6.92 Å². The lowest BCUT2D eigenvalue weighted by Crippen LogP contribution is -2.25. The van der Waals surface area contributed by atoms with Crippen molar-refractivity contribution in [3.63, 3.8) is 0 Å². The predicted molar refractivity (Wildman–Crippen MR) is 106 cm³/mol. The zero-order valence-electron chi connectivity index (χ0n) is 14.9. The molecule has 2 N–H and O–H groups in total. The Morgan fingerprint density at radius 1 is 1.26 bits per heavy atom. The summed E-state index contributed by atoms with van der Waals surface area (Å²) in [4.78, 5) is 33.3. The highest BCUT2D eigenvalue weighted by molar-refractivity contribution is 7.19. The molecular formula is C18H18N4O3S2. The monoisotopic (exact) mass is 402 g/mol. The van der Waals surface area contributed by atoms with Gasteiger partial charge in [0.25, 0.3) is 11.8 Å². The Morgan fingerprint density at radius 2 is 2.11 bits per heavy atom. The van der Waals surface area contributed by atoms with E-state index in [2.05, 4.69) is 27.6 Å². The normalized spacial score (nSPS) is 14.0. The molecule has 4 rings (SSSR count). The maximum absolute atomic E-state index is 12.7. The van der Waals surface area contributed by atoms with Crippen LogP contribution in [-0.4, -0.2) is 35.3 Å². The highest BCUT2D eigenvalue weighted by Gasteiger charge is 2.21. The summed E-state index contributed by atoms with van der Waals surface area (Å²) < 4.78 is 5.08. The summed E-state index contributed by atoms with van der Waals surface area (Å²) in [6.45, 7) is 3.69. The van der Waals surface area contributed by atoms with Crippen molar-refractivity contribution in [1.82, 2.24) is 9.88 Å². The molecular weight excluding hydrogens is 384 g/mol. The fourth-order valence-electron chi connectivity index (χ4n) is 2.88. The van der Waals surface area contributed by atoms with Gasteiger partial charge in [0.05, 0.1) is 21.8 Å². The minimum atomic E-state index is -0.343. The quantitative estimate of drug-likeness (QED) is 0.696. The fraction of sp³-hybridized carbons (Fsp3) is 0.278. The van der Waals surface area contributed by atoms with E-state index in [0.29, 0.717) is 15.0 Å². The second kappa shape index (κ2) is 7.26. The van der Waals surface area contributed by atoms with Crippen molar-refractivity contribution in [1.29, 1.82) is 0 Å². The molecule has 9 heteroatoms. The Morgan fingerprint density at radius 3 is 2.89 bits per heavy atom. The number of fused-ring (bicyclic) bond motifs is 1. The zero-order valence-corrected chi connectivity index (χ0v) is 16.5. The first-order chi connectivity index (χ1) is 13.0. The number of thiazole rings is 1. The number of nitrogens with zero attached hydrogens (tertiary/aromatic N) is 2. The maximum Gasteiger partial charge on any atom is 0.291 e. The molecule has 1 aliphatic rings. The molecule has 0 bridgehead atoms. The number of amides is 2. The minimum absolute atomic E-state index is 0.213. The van der Waals surface area contributed by atoms with Crippen LogP contribution in [0.2, 0.25) is 0 Å². The lowest BCUT2D eigenvalue weighted by molar-refractivity contribution is 0.0995. The van der Waals surface area contributed by atoms with Crippen molar-refractivity contribution >= 4 is 44.6 Å². The van der Waals surface area contributed by atoms with Crippen molar-refractivity contribution in [2.24, 2.45) is 0 Å². The number of nitrogens with one attached hydrogen (secondary N) is 2. The summed E-state index contributed by atoms with van der Waals surface area (Å²) in [5.41, 5.74) is 1.87. The number of carbonyl (C=O) groups is 2. The molecule has 0 aliphatic carbocycles. The number of hydrogen-bond acceptors (Lipinski definition) is 7. The molecule has 0 aromatic carbocycles. The van der Waals surface area contributed by atoms with Crippen LogP contribution in [0.25, 0.3) is 0 Å². The van der Waals surface area contributed by atoms with Crippen LogP contribution in [0.4, 0.5) is 10.1 Å². The summed E-state index contributed by atoms with van der Waals surface area (Å²) in [5.74, 6) is -0.328. The third-order valence-electron chi connectivity index (χ3n) is 4.25. The van der Waals surface area contributed by atoms with Crippen LogP contribution in [0.5, 0.6) is 0 Å². The zero-order chi connectivity index (χ0) is 19.0. The minimum Gasteiger partial charge on any atom is -0.459 e. The summed E-state index contributed by atoms with van der Waals surface area (Å²) in [5, 5.41) is 6.87. The Bertz CT molecular complexity index is 991. The van der Waals surface area contributed by atoms with Crippen LogP contribution in [-0.2, 0) is 13.0 Å². The van der Waals surface area contributed by atoms with Gasteiger partial charge < -0.3 is 14.6 Å². The van der Waals surface area contributed by atoms with E-state index in [1.165, 1.54) is 33.8 Å². The number of thiophene rings is 1. The van der Waals surface area contributed by atoms with Gasteiger partial charge in [-0.2, -0.15) is 0 Å². The van der Waals surface area contributed by atoms with Crippen molar-refractivity contribution in [3.8, 4) is 0 Å². The van der Waals surface area contributed by atoms with E-state index in [1.807, 2.05) is 6.92 Å². The van der Waals surface area contributed by atoms with Gasteiger partial charge in [-0.3, -0.25) is 14.9 Å². The van der Waals surface area contributed by atoms with Gasteiger partial charge in [-0.1, -0.05) is 0 Å². The number of furan rings is 1. The second-order valence-corrected chi connectivity index (χ2v) is 8.52. The number of hydrogen-bond donors (Lipinski definition) is 2. The third kappa shape index (κ3) is 3.80. The van der Waals surface area contributed by atoms with Gasteiger partial charge in [0.1, 0.15) is 0 Å². The summed E-state index contributed by atoms with van der Waals surface area (Å²) in [7, 11) is 2.08. The van der Waals surface area contributed by atoms with E-state index < -0.39 is 0 Å². The Labute approximate surface area is 164 Å². The van der Waals surface area contributed by atoms with Crippen LogP contribution in [0.15, 0.2) is 28.9 Å². The number of rotatable bonds is 4. The van der Waals surface area contributed by atoms with Gasteiger partial charge in [0.15, 0.2) is 10.9 Å². The molecule has 0 saturated heterocycles. The largest absolute Gasteiger partial charge is 0.459 e. The van der Waals surface area contributed by atoms with E-state index in [4.69, 9.17) is 4.42 Å². The standard InChI is InChI=1S/C18H18N4O3S2/c1-10-8-14(20-16(23)12-4-3-7-25-12)27-15(10)17(24)21-18-19-11-5-6-22(2)9-13(11)26-18/h3-4,7-8H,5-6,9H2,1-2H3,(H,20,23)(H,19,21,24). The van der Waals surface area contributed by atoms with Gasteiger partial charge >= 0.3 is 0 Å². The molecule has 2 amide bonds. The molecule has 4 heterocycles. The smallest absolute Gasteiger partial charge is 0.291 e. The van der Waals surface area contributed by atoms with E-state index in [-0.39, 0.29) is 17.6 Å². The van der Waals surface area contributed by atoms with Crippen LogP contribution >= 0.6 is 22.7 Å². The average molecular weight is 403 g/mol. The van der Waals surface area contributed by atoms with Crippen LogP contribution in [0.3, 0.4) is 0 Å². The molecule has 1 aliphatic heterocycles. The van der Waals surface area contributed by atoms with E-state index in [1.54, 1.807) is 18.2 Å². The van der Waals surface area contributed by atoms with Gasteiger partial charge in [-0.15, -0.1) is 22.7 Å². The van der Waals surface area contributed by atoms with Crippen molar-refractivity contribution in [2.45, 2.75) is 19.9 Å². The van der Waals surface area contributed by atoms with E-state index in [0.717, 1.165) is 30.8 Å².